The summed E-state index contributed by atoms with van der Waals surface area (Å²) in [5.74, 6) is 2.77. The predicted molar refractivity (Wildman–Crippen MR) is 138 cm³/mol. The highest BCUT2D eigenvalue weighted by Gasteiger charge is 2.43. The number of furan rings is 1. The SMILES string of the molecule is COc1cc([N+](=O)[O-])ccc1-c1ccc([C@@H]2[C@@H](c3ccccn3)NC(=S)N2c2ccc3c(c2)OCO3)o1. The molecule has 0 amide bonds. The normalized spacial score (nSPS) is 18.1. The third-order valence-electron chi connectivity index (χ3n) is 6.31. The maximum atomic E-state index is 11.2. The van der Waals surface area contributed by atoms with Gasteiger partial charge in [0.05, 0.1) is 35.4 Å². The number of nitro benzene ring substituents is 1. The van der Waals surface area contributed by atoms with E-state index in [0.29, 0.717) is 39.4 Å². The Morgan fingerprint density at radius 3 is 2.76 bits per heavy atom. The number of benzene rings is 2. The van der Waals surface area contributed by atoms with Crippen molar-refractivity contribution in [2.75, 3.05) is 18.8 Å². The van der Waals surface area contributed by atoms with Gasteiger partial charge >= 0.3 is 0 Å². The molecule has 10 nitrogen and oxygen atoms in total. The number of nitrogens with zero attached hydrogens (tertiary/aromatic N) is 3. The molecule has 4 aromatic rings. The molecule has 4 heterocycles. The second kappa shape index (κ2) is 9.10. The highest BCUT2D eigenvalue weighted by atomic mass is 32.1. The first kappa shape index (κ1) is 22.8. The van der Waals surface area contributed by atoms with Crippen molar-refractivity contribution in [1.29, 1.82) is 0 Å². The third-order valence-corrected chi connectivity index (χ3v) is 6.63. The molecule has 37 heavy (non-hydrogen) atoms. The smallest absolute Gasteiger partial charge is 0.273 e. The van der Waals surface area contributed by atoms with Crippen LogP contribution in [0, 0.1) is 10.1 Å². The molecular weight excluding hydrogens is 496 g/mol. The van der Waals surface area contributed by atoms with Gasteiger partial charge in [-0.05, 0) is 54.7 Å². The maximum Gasteiger partial charge on any atom is 0.273 e. The molecule has 2 atom stereocenters. The van der Waals surface area contributed by atoms with Gasteiger partial charge in [0.15, 0.2) is 16.6 Å². The number of fused-ring (bicyclic) bond motifs is 1. The number of thiocarbonyl (C=S) groups is 1. The first-order valence-corrected chi connectivity index (χ1v) is 11.8. The van der Waals surface area contributed by atoms with E-state index in [9.17, 15) is 10.1 Å². The van der Waals surface area contributed by atoms with Gasteiger partial charge in [-0.1, -0.05) is 6.07 Å². The van der Waals surface area contributed by atoms with E-state index in [4.69, 9.17) is 30.8 Å². The van der Waals surface area contributed by atoms with Crippen LogP contribution >= 0.6 is 12.2 Å². The van der Waals surface area contributed by atoms with Crippen molar-refractivity contribution >= 4 is 28.7 Å². The van der Waals surface area contributed by atoms with Crippen LogP contribution in [-0.2, 0) is 0 Å². The standard InChI is InChI=1S/C26H20N4O6S/c1-33-22-13-16(30(31)32)5-7-17(22)19-9-10-21(36-19)25-24(18-4-2-3-11-27-18)28-26(37)29(25)15-6-8-20-23(12-15)35-14-34-20/h2-13,24-25H,14H2,1H3,(H,28,37)/t24-,25-/m1/s1. The van der Waals surface area contributed by atoms with Gasteiger partial charge in [-0.2, -0.15) is 0 Å². The number of nitrogens with one attached hydrogen (secondary N) is 1. The van der Waals surface area contributed by atoms with Crippen molar-refractivity contribution in [3.05, 3.63) is 94.5 Å². The molecule has 2 aliphatic rings. The van der Waals surface area contributed by atoms with E-state index >= 15 is 0 Å². The molecule has 2 aromatic carbocycles. The summed E-state index contributed by atoms with van der Waals surface area (Å²) in [5.41, 5.74) is 2.12. The van der Waals surface area contributed by atoms with Gasteiger partial charge in [0.2, 0.25) is 6.79 Å². The van der Waals surface area contributed by atoms with Gasteiger partial charge in [-0.15, -0.1) is 0 Å². The molecule has 1 N–H and O–H groups in total. The van der Waals surface area contributed by atoms with E-state index in [1.807, 2.05) is 53.4 Å². The van der Waals surface area contributed by atoms with Crippen LogP contribution < -0.4 is 24.4 Å². The Morgan fingerprint density at radius 1 is 1.11 bits per heavy atom. The van der Waals surface area contributed by atoms with Crippen LogP contribution in [0.3, 0.4) is 0 Å². The largest absolute Gasteiger partial charge is 0.496 e. The van der Waals surface area contributed by atoms with E-state index in [1.165, 1.54) is 19.2 Å². The number of rotatable bonds is 6. The monoisotopic (exact) mass is 516 g/mol. The quantitative estimate of drug-likeness (QED) is 0.209. The van der Waals surface area contributed by atoms with E-state index in [0.717, 1.165) is 11.4 Å². The van der Waals surface area contributed by atoms with Gasteiger partial charge in [0, 0.05) is 24.0 Å². The zero-order valence-electron chi connectivity index (χ0n) is 19.5. The molecule has 0 spiro atoms. The summed E-state index contributed by atoms with van der Waals surface area (Å²) >= 11 is 5.77. The van der Waals surface area contributed by atoms with Crippen molar-refractivity contribution in [3.63, 3.8) is 0 Å². The van der Waals surface area contributed by atoms with Crippen molar-refractivity contribution in [2.45, 2.75) is 12.1 Å². The van der Waals surface area contributed by atoms with Gasteiger partial charge in [-0.3, -0.25) is 15.1 Å². The predicted octanol–water partition coefficient (Wildman–Crippen LogP) is 5.16. The summed E-state index contributed by atoms with van der Waals surface area (Å²) in [6, 6.07) is 18.7. The first-order valence-electron chi connectivity index (χ1n) is 11.4. The molecule has 6 rings (SSSR count). The summed E-state index contributed by atoms with van der Waals surface area (Å²) < 4.78 is 22.8. The minimum absolute atomic E-state index is 0.0677. The Balaban J connectivity index is 1.44. The van der Waals surface area contributed by atoms with Crippen molar-refractivity contribution < 1.29 is 23.6 Å². The summed E-state index contributed by atoms with van der Waals surface area (Å²) in [4.78, 5) is 17.3. The number of aromatic nitrogens is 1. The van der Waals surface area contributed by atoms with E-state index in [2.05, 4.69) is 10.3 Å². The van der Waals surface area contributed by atoms with Crippen LogP contribution in [0.4, 0.5) is 11.4 Å². The van der Waals surface area contributed by atoms with Crippen molar-refractivity contribution in [3.8, 4) is 28.6 Å². The summed E-state index contributed by atoms with van der Waals surface area (Å²) in [5, 5.41) is 15.1. The molecule has 1 saturated heterocycles. The fourth-order valence-corrected chi connectivity index (χ4v) is 4.96. The molecular formula is C26H20N4O6S. The average Bonchev–Trinajstić information content (AvgIpc) is 3.66. The number of pyridine rings is 1. The second-order valence-electron chi connectivity index (χ2n) is 8.38. The number of methoxy groups -OCH3 is 1. The minimum Gasteiger partial charge on any atom is -0.496 e. The van der Waals surface area contributed by atoms with Gasteiger partial charge < -0.3 is 28.8 Å². The Labute approximate surface area is 216 Å². The molecule has 0 radical (unpaired) electrons. The van der Waals surface area contributed by atoms with E-state index in [-0.39, 0.29) is 24.6 Å². The summed E-state index contributed by atoms with van der Waals surface area (Å²) in [6.07, 6.45) is 1.73. The van der Waals surface area contributed by atoms with Crippen molar-refractivity contribution in [2.24, 2.45) is 0 Å². The number of hydrogen-bond acceptors (Lipinski definition) is 8. The molecule has 186 valence electrons. The van der Waals surface area contributed by atoms with Crippen LogP contribution in [0.1, 0.15) is 23.5 Å². The van der Waals surface area contributed by atoms with Gasteiger partial charge in [0.25, 0.3) is 5.69 Å². The van der Waals surface area contributed by atoms with Crippen LogP contribution in [0.2, 0.25) is 0 Å². The zero-order chi connectivity index (χ0) is 25.5. The van der Waals surface area contributed by atoms with Crippen LogP contribution in [0.5, 0.6) is 17.2 Å². The lowest BCUT2D eigenvalue weighted by molar-refractivity contribution is -0.384. The second-order valence-corrected chi connectivity index (χ2v) is 8.76. The fraction of sp³-hybridized carbons (Fsp3) is 0.154. The van der Waals surface area contributed by atoms with Crippen molar-refractivity contribution in [1.82, 2.24) is 10.3 Å². The number of non-ortho nitro benzene ring substituents is 1. The number of ether oxygens (including phenoxy) is 3. The minimum atomic E-state index is -0.467. The molecule has 2 aromatic heterocycles. The van der Waals surface area contributed by atoms with Gasteiger partial charge in [-0.25, -0.2) is 0 Å². The zero-order valence-corrected chi connectivity index (χ0v) is 20.3. The topological polar surface area (TPSA) is 112 Å². The highest BCUT2D eigenvalue weighted by molar-refractivity contribution is 7.80. The fourth-order valence-electron chi connectivity index (χ4n) is 4.61. The number of anilines is 1. The summed E-state index contributed by atoms with van der Waals surface area (Å²) in [6.45, 7) is 0.167. The Bertz CT molecular complexity index is 1510. The van der Waals surface area contributed by atoms with E-state index < -0.39 is 4.92 Å². The van der Waals surface area contributed by atoms with Crippen LogP contribution in [-0.4, -0.2) is 28.9 Å². The lowest BCUT2D eigenvalue weighted by Crippen LogP contribution is -2.29. The van der Waals surface area contributed by atoms with E-state index in [1.54, 1.807) is 12.3 Å². The van der Waals surface area contributed by atoms with Crippen LogP contribution in [0.15, 0.2) is 77.3 Å². The lowest BCUT2D eigenvalue weighted by atomic mass is 10.0. The molecule has 1 fully saturated rings. The maximum absolute atomic E-state index is 11.2. The third kappa shape index (κ3) is 3.99. The Kier molecular flexibility index (Phi) is 5.61. The first-order chi connectivity index (χ1) is 18.0. The molecule has 0 unspecified atom stereocenters. The molecule has 2 aliphatic heterocycles. The van der Waals surface area contributed by atoms with Gasteiger partial charge in [0.1, 0.15) is 23.3 Å². The highest BCUT2D eigenvalue weighted by Crippen LogP contribution is 2.46. The number of nitro groups is 1. The molecule has 0 saturated carbocycles. The summed E-state index contributed by atoms with van der Waals surface area (Å²) in [7, 11) is 1.46. The number of hydrogen-bond donors (Lipinski definition) is 1. The van der Waals surface area contributed by atoms with Crippen LogP contribution in [0.25, 0.3) is 11.3 Å². The molecule has 0 bridgehead atoms. The lowest BCUT2D eigenvalue weighted by Gasteiger charge is -2.26. The average molecular weight is 517 g/mol. The molecule has 0 aliphatic carbocycles. The Morgan fingerprint density at radius 2 is 1.97 bits per heavy atom. The molecule has 11 heteroatoms. The Hall–Kier alpha value is -4.64.